The first-order valence-corrected chi connectivity index (χ1v) is 6.37. The lowest BCUT2D eigenvalue weighted by Crippen LogP contribution is -2.37. The molecule has 0 aromatic carbocycles. The number of hydrogen-bond donors (Lipinski definition) is 1. The minimum atomic E-state index is -0.397. The van der Waals surface area contributed by atoms with Crippen LogP contribution in [0.4, 0.5) is 0 Å². The highest BCUT2D eigenvalue weighted by atomic mass is 32.2. The number of furan rings is 1. The molecule has 16 heavy (non-hydrogen) atoms. The van der Waals surface area contributed by atoms with Gasteiger partial charge in [-0.25, -0.2) is 0 Å². The molecule has 0 fully saturated rings. The summed E-state index contributed by atoms with van der Waals surface area (Å²) in [5, 5.41) is 12.0. The van der Waals surface area contributed by atoms with E-state index < -0.39 is 5.54 Å². The Morgan fingerprint density at radius 2 is 2.38 bits per heavy atom. The van der Waals surface area contributed by atoms with Crippen LogP contribution in [0.2, 0.25) is 0 Å². The fourth-order valence-electron chi connectivity index (χ4n) is 1.37. The summed E-state index contributed by atoms with van der Waals surface area (Å²) in [5.41, 5.74) is -0.397. The van der Waals surface area contributed by atoms with Crippen LogP contribution >= 0.6 is 11.8 Å². The molecule has 1 atom stereocenters. The third kappa shape index (κ3) is 3.58. The highest BCUT2D eigenvalue weighted by molar-refractivity contribution is 7.99. The Labute approximate surface area is 101 Å². The zero-order valence-electron chi connectivity index (χ0n) is 10.0. The third-order valence-corrected chi connectivity index (χ3v) is 3.92. The maximum absolute atomic E-state index is 8.98. The van der Waals surface area contributed by atoms with Crippen LogP contribution in [0.25, 0.3) is 0 Å². The molecule has 0 aliphatic rings. The summed E-state index contributed by atoms with van der Waals surface area (Å²) >= 11 is 1.78. The maximum atomic E-state index is 8.98. The molecule has 0 amide bonds. The van der Waals surface area contributed by atoms with Gasteiger partial charge >= 0.3 is 0 Å². The molecule has 0 saturated heterocycles. The van der Waals surface area contributed by atoms with Gasteiger partial charge in [0.2, 0.25) is 0 Å². The second-order valence-electron chi connectivity index (χ2n) is 3.99. The topological polar surface area (TPSA) is 49.0 Å². The minimum Gasteiger partial charge on any atom is -0.468 e. The first-order chi connectivity index (χ1) is 7.61. The van der Waals surface area contributed by atoms with Crippen LogP contribution in [-0.4, -0.2) is 18.3 Å². The summed E-state index contributed by atoms with van der Waals surface area (Å²) < 4.78 is 5.22. The first kappa shape index (κ1) is 13.1. The highest BCUT2D eigenvalue weighted by Gasteiger charge is 2.19. The number of nitriles is 1. The van der Waals surface area contributed by atoms with Gasteiger partial charge in [-0.05, 0) is 45.6 Å². The summed E-state index contributed by atoms with van der Waals surface area (Å²) in [4.78, 5) is 1.20. The predicted molar refractivity (Wildman–Crippen MR) is 66.5 cm³/mol. The highest BCUT2D eigenvalue weighted by Crippen LogP contribution is 2.25. The lowest BCUT2D eigenvalue weighted by atomic mass is 9.99. The summed E-state index contributed by atoms with van der Waals surface area (Å²) in [7, 11) is 1.83. The Balaban J connectivity index is 2.28. The van der Waals surface area contributed by atoms with Gasteiger partial charge in [-0.15, -0.1) is 11.8 Å². The monoisotopic (exact) mass is 238 g/mol. The van der Waals surface area contributed by atoms with Crippen LogP contribution in [0.15, 0.2) is 21.6 Å². The van der Waals surface area contributed by atoms with Crippen LogP contribution in [-0.2, 0) is 0 Å². The van der Waals surface area contributed by atoms with E-state index in [4.69, 9.17) is 9.68 Å². The van der Waals surface area contributed by atoms with Gasteiger partial charge in [-0.1, -0.05) is 0 Å². The fraction of sp³-hybridized carbons (Fsp3) is 0.583. The number of hydrogen-bond acceptors (Lipinski definition) is 4. The minimum absolute atomic E-state index is 0.397. The van der Waals surface area contributed by atoms with E-state index in [2.05, 4.69) is 11.4 Å². The quantitative estimate of drug-likeness (QED) is 0.611. The van der Waals surface area contributed by atoms with Crippen LogP contribution in [0.5, 0.6) is 0 Å². The average molecular weight is 238 g/mol. The number of nitrogens with zero attached hydrogens (tertiary/aromatic N) is 1. The fourth-order valence-corrected chi connectivity index (χ4v) is 2.28. The number of thioether (sulfide) groups is 1. The van der Waals surface area contributed by atoms with Crippen molar-refractivity contribution in [2.24, 2.45) is 0 Å². The van der Waals surface area contributed by atoms with Crippen molar-refractivity contribution in [3.05, 3.63) is 18.1 Å². The molecule has 3 nitrogen and oxygen atoms in total. The Morgan fingerprint density at radius 1 is 1.62 bits per heavy atom. The zero-order valence-corrected chi connectivity index (χ0v) is 10.9. The van der Waals surface area contributed by atoms with Crippen LogP contribution < -0.4 is 5.32 Å². The number of nitrogens with one attached hydrogen (secondary N) is 1. The molecule has 1 aromatic rings. The van der Waals surface area contributed by atoms with Crippen LogP contribution in [0.1, 0.15) is 25.5 Å². The predicted octanol–water partition coefficient (Wildman–Crippen LogP) is 2.96. The maximum Gasteiger partial charge on any atom is 0.114 e. The molecule has 88 valence electrons. The van der Waals surface area contributed by atoms with E-state index in [0.29, 0.717) is 0 Å². The van der Waals surface area contributed by atoms with Crippen LogP contribution in [0, 0.1) is 18.3 Å². The molecule has 1 N–H and O–H groups in total. The van der Waals surface area contributed by atoms with Crippen molar-refractivity contribution in [1.29, 1.82) is 5.26 Å². The molecule has 1 aromatic heterocycles. The molecular weight excluding hydrogens is 220 g/mol. The van der Waals surface area contributed by atoms with Crippen molar-refractivity contribution in [3.63, 3.8) is 0 Å². The smallest absolute Gasteiger partial charge is 0.114 e. The summed E-state index contributed by atoms with van der Waals surface area (Å²) in [5.74, 6) is 1.99. The second kappa shape index (κ2) is 5.97. The van der Waals surface area contributed by atoms with E-state index in [-0.39, 0.29) is 0 Å². The van der Waals surface area contributed by atoms with E-state index in [1.165, 1.54) is 4.90 Å². The SMILES string of the molecule is CNC(C)(C#N)CCCSc1ccoc1C. The van der Waals surface area contributed by atoms with Crippen LogP contribution in [0.3, 0.4) is 0 Å². The molecule has 1 unspecified atom stereocenters. The van der Waals surface area contributed by atoms with Gasteiger partial charge in [0.1, 0.15) is 11.3 Å². The van der Waals surface area contributed by atoms with Gasteiger partial charge in [0.05, 0.1) is 12.3 Å². The van der Waals surface area contributed by atoms with E-state index in [0.717, 1.165) is 24.4 Å². The molecule has 0 aliphatic carbocycles. The molecule has 1 rings (SSSR count). The normalized spacial score (nSPS) is 14.4. The first-order valence-electron chi connectivity index (χ1n) is 5.38. The van der Waals surface area contributed by atoms with Gasteiger partial charge in [0, 0.05) is 4.90 Å². The van der Waals surface area contributed by atoms with Gasteiger partial charge in [-0.2, -0.15) is 5.26 Å². The van der Waals surface area contributed by atoms with Crippen molar-refractivity contribution in [3.8, 4) is 6.07 Å². The van der Waals surface area contributed by atoms with Gasteiger partial charge in [-0.3, -0.25) is 0 Å². The van der Waals surface area contributed by atoms with E-state index in [9.17, 15) is 0 Å². The standard InChI is InChI=1S/C12H18N2OS/c1-10-11(5-7-15-10)16-8-4-6-12(2,9-13)14-3/h5,7,14H,4,6,8H2,1-3H3. The van der Waals surface area contributed by atoms with Crippen molar-refractivity contribution in [1.82, 2.24) is 5.32 Å². The number of aryl methyl sites for hydroxylation is 1. The second-order valence-corrected chi connectivity index (χ2v) is 5.12. The third-order valence-electron chi connectivity index (χ3n) is 2.69. The Bertz CT molecular complexity index is 369. The zero-order chi connectivity index (χ0) is 12.0. The van der Waals surface area contributed by atoms with Gasteiger partial charge in [0.25, 0.3) is 0 Å². The lowest BCUT2D eigenvalue weighted by Gasteiger charge is -2.19. The Kier molecular flexibility index (Phi) is 4.91. The molecule has 0 aliphatic heterocycles. The average Bonchev–Trinajstić information content (AvgIpc) is 2.70. The molecule has 0 radical (unpaired) electrons. The van der Waals surface area contributed by atoms with Crippen molar-refractivity contribution >= 4 is 11.8 Å². The Hall–Kier alpha value is -0.920. The summed E-state index contributed by atoms with van der Waals surface area (Å²) in [6.07, 6.45) is 3.59. The largest absolute Gasteiger partial charge is 0.468 e. The molecule has 0 saturated carbocycles. The number of rotatable bonds is 6. The van der Waals surface area contributed by atoms with E-state index >= 15 is 0 Å². The Morgan fingerprint density at radius 3 is 2.88 bits per heavy atom. The van der Waals surface area contributed by atoms with E-state index in [1.807, 2.05) is 27.0 Å². The molecular formula is C12H18N2OS. The molecule has 0 bridgehead atoms. The van der Waals surface area contributed by atoms with Gasteiger partial charge in [0.15, 0.2) is 0 Å². The molecule has 1 heterocycles. The summed E-state index contributed by atoms with van der Waals surface area (Å²) in [6, 6.07) is 4.28. The van der Waals surface area contributed by atoms with Crippen molar-refractivity contribution in [2.75, 3.05) is 12.8 Å². The van der Waals surface area contributed by atoms with Crippen molar-refractivity contribution < 1.29 is 4.42 Å². The van der Waals surface area contributed by atoms with Crippen molar-refractivity contribution in [2.45, 2.75) is 37.1 Å². The molecule has 0 spiro atoms. The summed E-state index contributed by atoms with van der Waals surface area (Å²) in [6.45, 7) is 3.90. The van der Waals surface area contributed by atoms with Gasteiger partial charge < -0.3 is 9.73 Å². The van der Waals surface area contributed by atoms with E-state index in [1.54, 1.807) is 18.0 Å². The molecule has 4 heteroatoms. The lowest BCUT2D eigenvalue weighted by molar-refractivity contribution is 0.451.